The van der Waals surface area contributed by atoms with Crippen molar-refractivity contribution >= 4 is 40.0 Å². The van der Waals surface area contributed by atoms with Crippen LogP contribution in [0.2, 0.25) is 0 Å². The second-order valence-corrected chi connectivity index (χ2v) is 6.89. The molecular formula is C18H15FIN3O2. The predicted molar refractivity (Wildman–Crippen MR) is 100 cm³/mol. The fourth-order valence-corrected chi connectivity index (χ4v) is 3.28. The summed E-state index contributed by atoms with van der Waals surface area (Å²) in [7, 11) is 0. The van der Waals surface area contributed by atoms with E-state index in [4.69, 9.17) is 5.84 Å². The maximum atomic E-state index is 14.1. The number of nitrogens with zero attached hydrogens (tertiary/aromatic N) is 1. The fourth-order valence-electron chi connectivity index (χ4n) is 2.74. The van der Waals surface area contributed by atoms with Crippen molar-refractivity contribution in [3.05, 3.63) is 74.2 Å². The molecule has 0 aromatic heterocycles. The number of nitrogens with two attached hydrogens (primary N) is 1. The lowest BCUT2D eigenvalue weighted by molar-refractivity contribution is -0.114. The molecule has 0 unspecified atom stereocenters. The lowest BCUT2D eigenvalue weighted by Gasteiger charge is -2.29. The molecule has 7 heteroatoms. The molecule has 0 fully saturated rings. The fraction of sp³-hybridized carbons (Fsp3) is 0.111. The average Bonchev–Trinajstić information content (AvgIpc) is 2.57. The second kappa shape index (κ2) is 6.93. The standard InChI is InChI=1S/C18H15FIN3O2/c1-10-16(13-6-3-7-15(19)14(13)9-23(10)21)18(25)22-17(24)11-4-2-5-12(20)8-11/h2-8H,9,21H2,1H3,(H,22,24,25). The number of allylic oxidation sites excluding steroid dienone is 1. The van der Waals surface area contributed by atoms with E-state index in [1.165, 1.54) is 17.1 Å². The van der Waals surface area contributed by atoms with E-state index in [9.17, 15) is 14.0 Å². The molecule has 0 atom stereocenters. The first kappa shape index (κ1) is 17.6. The highest BCUT2D eigenvalue weighted by atomic mass is 127. The maximum Gasteiger partial charge on any atom is 0.260 e. The molecule has 2 aromatic rings. The van der Waals surface area contributed by atoms with E-state index in [1.54, 1.807) is 31.2 Å². The highest BCUT2D eigenvalue weighted by Gasteiger charge is 2.28. The molecule has 1 heterocycles. The number of carbonyl (C=O) groups excluding carboxylic acids is 2. The van der Waals surface area contributed by atoms with Gasteiger partial charge in [-0.15, -0.1) is 0 Å². The summed E-state index contributed by atoms with van der Waals surface area (Å²) in [4.78, 5) is 25.0. The van der Waals surface area contributed by atoms with Crippen LogP contribution in [0.3, 0.4) is 0 Å². The van der Waals surface area contributed by atoms with Crippen molar-refractivity contribution in [3.63, 3.8) is 0 Å². The molecule has 25 heavy (non-hydrogen) atoms. The molecule has 128 valence electrons. The Morgan fingerprint density at radius 1 is 1.20 bits per heavy atom. The minimum atomic E-state index is -0.608. The van der Waals surface area contributed by atoms with E-state index < -0.39 is 17.6 Å². The number of fused-ring (bicyclic) bond motifs is 1. The van der Waals surface area contributed by atoms with Gasteiger partial charge in [0.15, 0.2) is 0 Å². The third kappa shape index (κ3) is 3.42. The highest BCUT2D eigenvalue weighted by Crippen LogP contribution is 2.31. The number of amides is 2. The van der Waals surface area contributed by atoms with E-state index >= 15 is 0 Å². The lowest BCUT2D eigenvalue weighted by Crippen LogP contribution is -2.38. The number of hydrogen-bond acceptors (Lipinski definition) is 4. The number of hydrogen-bond donors (Lipinski definition) is 2. The Labute approximate surface area is 157 Å². The van der Waals surface area contributed by atoms with Crippen LogP contribution in [0.4, 0.5) is 4.39 Å². The van der Waals surface area contributed by atoms with Gasteiger partial charge in [-0.1, -0.05) is 18.2 Å². The van der Waals surface area contributed by atoms with Crippen LogP contribution < -0.4 is 11.2 Å². The molecule has 5 nitrogen and oxygen atoms in total. The summed E-state index contributed by atoms with van der Waals surface area (Å²) in [5.74, 6) is 4.33. The molecule has 0 saturated heterocycles. The van der Waals surface area contributed by atoms with Crippen LogP contribution in [-0.4, -0.2) is 16.8 Å². The first-order valence-corrected chi connectivity index (χ1v) is 8.58. The zero-order chi connectivity index (χ0) is 18.1. The largest absolute Gasteiger partial charge is 0.310 e. The number of hydrazine groups is 1. The van der Waals surface area contributed by atoms with Gasteiger partial charge in [0.1, 0.15) is 5.82 Å². The first-order valence-electron chi connectivity index (χ1n) is 7.50. The van der Waals surface area contributed by atoms with E-state index in [1.807, 2.05) is 6.07 Å². The van der Waals surface area contributed by atoms with Crippen LogP contribution in [0, 0.1) is 9.39 Å². The van der Waals surface area contributed by atoms with Crippen LogP contribution in [0.1, 0.15) is 28.4 Å². The predicted octanol–water partition coefficient (Wildman–Crippen LogP) is 2.81. The Hall–Kier alpha value is -2.26. The highest BCUT2D eigenvalue weighted by molar-refractivity contribution is 14.1. The number of benzene rings is 2. The van der Waals surface area contributed by atoms with Gasteiger partial charge in [-0.3, -0.25) is 14.9 Å². The zero-order valence-corrected chi connectivity index (χ0v) is 15.5. The van der Waals surface area contributed by atoms with Gasteiger partial charge in [-0.05, 0) is 59.3 Å². The van der Waals surface area contributed by atoms with Gasteiger partial charge < -0.3 is 5.01 Å². The van der Waals surface area contributed by atoms with Gasteiger partial charge in [0.2, 0.25) is 0 Å². The summed E-state index contributed by atoms with van der Waals surface area (Å²) >= 11 is 2.09. The van der Waals surface area contributed by atoms with Crippen molar-refractivity contribution in [1.29, 1.82) is 0 Å². The average molecular weight is 451 g/mol. The number of rotatable bonds is 2. The van der Waals surface area contributed by atoms with E-state index in [0.717, 1.165) is 3.57 Å². The topological polar surface area (TPSA) is 75.4 Å². The summed E-state index contributed by atoms with van der Waals surface area (Å²) in [6.07, 6.45) is 0. The minimum absolute atomic E-state index is 0.162. The molecule has 0 spiro atoms. The van der Waals surface area contributed by atoms with E-state index in [-0.39, 0.29) is 12.1 Å². The molecular weight excluding hydrogens is 436 g/mol. The normalized spacial score (nSPS) is 13.5. The smallest absolute Gasteiger partial charge is 0.260 e. The summed E-state index contributed by atoms with van der Waals surface area (Å²) in [6.45, 7) is 1.83. The van der Waals surface area contributed by atoms with Crippen molar-refractivity contribution in [2.75, 3.05) is 0 Å². The number of halogens is 2. The molecule has 1 aliphatic heterocycles. The number of imide groups is 1. The molecule has 2 amide bonds. The third-order valence-electron chi connectivity index (χ3n) is 4.05. The Bertz CT molecular complexity index is 911. The van der Waals surface area contributed by atoms with E-state index in [2.05, 4.69) is 27.9 Å². The van der Waals surface area contributed by atoms with E-state index in [0.29, 0.717) is 22.4 Å². The lowest BCUT2D eigenvalue weighted by atomic mass is 9.93. The summed E-state index contributed by atoms with van der Waals surface area (Å²) in [5.41, 5.74) is 1.83. The van der Waals surface area contributed by atoms with Gasteiger partial charge in [0, 0.05) is 20.4 Å². The molecule has 1 aliphatic rings. The van der Waals surface area contributed by atoms with Gasteiger partial charge in [0.05, 0.1) is 12.1 Å². The quantitative estimate of drug-likeness (QED) is 0.419. The van der Waals surface area contributed by atoms with Crippen LogP contribution in [0.5, 0.6) is 0 Å². The summed E-state index contributed by atoms with van der Waals surface area (Å²) in [5, 5.41) is 3.66. The van der Waals surface area contributed by atoms with Crippen LogP contribution in [0.15, 0.2) is 48.2 Å². The van der Waals surface area contributed by atoms with Gasteiger partial charge >= 0.3 is 0 Å². The molecule has 0 saturated carbocycles. The third-order valence-corrected chi connectivity index (χ3v) is 4.72. The molecule has 0 bridgehead atoms. The summed E-state index contributed by atoms with van der Waals surface area (Å²) in [6, 6.07) is 11.4. The molecule has 2 aromatic carbocycles. The SMILES string of the molecule is CC1=C(C(=O)NC(=O)c2cccc(I)c2)c2cccc(F)c2CN1N. The summed E-state index contributed by atoms with van der Waals surface area (Å²) < 4.78 is 15.0. The maximum absolute atomic E-state index is 14.1. The molecule has 3 N–H and O–H groups in total. The first-order chi connectivity index (χ1) is 11.9. The minimum Gasteiger partial charge on any atom is -0.310 e. The van der Waals surface area contributed by atoms with Crippen molar-refractivity contribution in [2.24, 2.45) is 5.84 Å². The van der Waals surface area contributed by atoms with Crippen molar-refractivity contribution in [3.8, 4) is 0 Å². The van der Waals surface area contributed by atoms with Crippen molar-refractivity contribution in [2.45, 2.75) is 13.5 Å². The monoisotopic (exact) mass is 451 g/mol. The van der Waals surface area contributed by atoms with Crippen LogP contribution in [-0.2, 0) is 11.3 Å². The Kier molecular flexibility index (Phi) is 4.87. The second-order valence-electron chi connectivity index (χ2n) is 5.65. The Morgan fingerprint density at radius 3 is 2.64 bits per heavy atom. The Balaban J connectivity index is 1.95. The molecule has 3 rings (SSSR count). The van der Waals surface area contributed by atoms with Crippen LogP contribution >= 0.6 is 22.6 Å². The molecule has 0 radical (unpaired) electrons. The van der Waals surface area contributed by atoms with Crippen LogP contribution in [0.25, 0.3) is 5.57 Å². The zero-order valence-electron chi connectivity index (χ0n) is 13.3. The van der Waals surface area contributed by atoms with Gasteiger partial charge in [-0.25, -0.2) is 10.2 Å². The van der Waals surface area contributed by atoms with Gasteiger partial charge in [0.25, 0.3) is 11.8 Å². The van der Waals surface area contributed by atoms with Crippen molar-refractivity contribution in [1.82, 2.24) is 10.3 Å². The molecule has 0 aliphatic carbocycles. The number of carbonyl (C=O) groups is 2. The van der Waals surface area contributed by atoms with Crippen molar-refractivity contribution < 1.29 is 14.0 Å². The van der Waals surface area contributed by atoms with Gasteiger partial charge in [-0.2, -0.15) is 0 Å². The number of nitrogens with one attached hydrogen (secondary N) is 1. The Morgan fingerprint density at radius 2 is 1.92 bits per heavy atom.